The number of amides is 2. The standard InChI is InChI=1S/C23H29N3O7S/c1-4-5-14-32-18-9-11-19(12-10-18)34(30,31)26-21(23(28)25-29)8-6-7-13-24-22(27)20-15-16(2)33-17(20)3/h9-12,15,21,26,29H,6-8,13-14H2,1-3H3,(H,24,27)(H,25,28). The number of unbranched alkanes of at least 4 members (excludes halogenated alkanes) is 1. The van der Waals surface area contributed by atoms with Crippen LogP contribution in [0.2, 0.25) is 0 Å². The van der Waals surface area contributed by atoms with Crippen LogP contribution >= 0.6 is 0 Å². The summed E-state index contributed by atoms with van der Waals surface area (Å²) in [6, 6.07) is 6.12. The Bertz CT molecular complexity index is 1150. The first-order chi connectivity index (χ1) is 16.2. The van der Waals surface area contributed by atoms with E-state index in [4.69, 9.17) is 14.4 Å². The number of hydrogen-bond donors (Lipinski definition) is 4. The average Bonchev–Trinajstić information content (AvgIpc) is 3.15. The zero-order valence-electron chi connectivity index (χ0n) is 19.3. The second-order valence-electron chi connectivity index (χ2n) is 7.42. The van der Waals surface area contributed by atoms with Crippen molar-refractivity contribution in [2.45, 2.75) is 51.0 Å². The minimum Gasteiger partial charge on any atom is -0.481 e. The molecule has 34 heavy (non-hydrogen) atoms. The van der Waals surface area contributed by atoms with E-state index in [1.807, 2.05) is 0 Å². The number of hydroxylamine groups is 1. The summed E-state index contributed by atoms with van der Waals surface area (Å²) in [4.78, 5) is 24.2. The van der Waals surface area contributed by atoms with Gasteiger partial charge in [-0.25, -0.2) is 13.9 Å². The molecule has 1 atom stereocenters. The van der Waals surface area contributed by atoms with Crippen LogP contribution in [0, 0.1) is 25.7 Å². The van der Waals surface area contributed by atoms with Crippen LogP contribution in [0.4, 0.5) is 0 Å². The molecule has 0 aliphatic rings. The molecule has 0 fully saturated rings. The molecule has 2 rings (SSSR count). The minimum atomic E-state index is -4.04. The van der Waals surface area contributed by atoms with Gasteiger partial charge in [-0.15, -0.1) is 5.92 Å². The number of rotatable bonds is 12. The van der Waals surface area contributed by atoms with Gasteiger partial charge >= 0.3 is 0 Å². The lowest BCUT2D eigenvalue weighted by Crippen LogP contribution is -2.45. The lowest BCUT2D eigenvalue weighted by molar-refractivity contribution is -0.131. The third-order valence-corrected chi connectivity index (χ3v) is 6.32. The highest BCUT2D eigenvalue weighted by Crippen LogP contribution is 2.17. The largest absolute Gasteiger partial charge is 0.481 e. The molecule has 2 aromatic rings. The summed E-state index contributed by atoms with van der Waals surface area (Å²) in [5, 5.41) is 11.8. The van der Waals surface area contributed by atoms with Gasteiger partial charge in [-0.1, -0.05) is 5.92 Å². The summed E-state index contributed by atoms with van der Waals surface area (Å²) in [6.07, 6.45) is 1.02. The Morgan fingerprint density at radius 3 is 2.47 bits per heavy atom. The Labute approximate surface area is 199 Å². The molecule has 0 aliphatic heterocycles. The van der Waals surface area contributed by atoms with Crippen LogP contribution in [0.5, 0.6) is 5.75 Å². The van der Waals surface area contributed by atoms with Crippen molar-refractivity contribution < 1.29 is 32.4 Å². The summed E-state index contributed by atoms with van der Waals surface area (Å²) in [5.41, 5.74) is 1.94. The van der Waals surface area contributed by atoms with E-state index in [0.717, 1.165) is 0 Å². The third kappa shape index (κ3) is 7.91. The van der Waals surface area contributed by atoms with Crippen LogP contribution in [-0.4, -0.2) is 44.6 Å². The first kappa shape index (κ1) is 26.9. The highest BCUT2D eigenvalue weighted by Gasteiger charge is 2.25. The second kappa shape index (κ2) is 12.8. The van der Waals surface area contributed by atoms with Crippen LogP contribution in [0.25, 0.3) is 0 Å². The lowest BCUT2D eigenvalue weighted by Gasteiger charge is -2.17. The Hall–Kier alpha value is -3.33. The molecule has 1 aromatic carbocycles. The van der Waals surface area contributed by atoms with Gasteiger partial charge in [-0.05, 0) is 70.4 Å². The fourth-order valence-electron chi connectivity index (χ4n) is 3.11. The predicted octanol–water partition coefficient (Wildman–Crippen LogP) is 2.05. The molecule has 0 saturated heterocycles. The van der Waals surface area contributed by atoms with Crippen molar-refractivity contribution in [1.82, 2.24) is 15.5 Å². The highest BCUT2D eigenvalue weighted by molar-refractivity contribution is 7.89. The Morgan fingerprint density at radius 2 is 1.88 bits per heavy atom. The molecule has 1 heterocycles. The number of sulfonamides is 1. The first-order valence-electron chi connectivity index (χ1n) is 10.6. The van der Waals surface area contributed by atoms with Crippen molar-refractivity contribution in [2.75, 3.05) is 13.2 Å². The van der Waals surface area contributed by atoms with E-state index >= 15 is 0 Å². The molecule has 2 amide bonds. The van der Waals surface area contributed by atoms with Gasteiger partial charge in [-0.3, -0.25) is 14.8 Å². The molecular weight excluding hydrogens is 462 g/mol. The third-order valence-electron chi connectivity index (χ3n) is 4.84. The molecule has 11 heteroatoms. The molecule has 10 nitrogen and oxygen atoms in total. The molecule has 0 aliphatic carbocycles. The van der Waals surface area contributed by atoms with Gasteiger partial charge in [0.2, 0.25) is 10.0 Å². The fourth-order valence-corrected chi connectivity index (χ4v) is 4.34. The molecule has 0 saturated carbocycles. The lowest BCUT2D eigenvalue weighted by atomic mass is 10.1. The zero-order chi connectivity index (χ0) is 25.1. The maximum Gasteiger partial charge on any atom is 0.261 e. The monoisotopic (exact) mass is 491 g/mol. The molecule has 1 aromatic heterocycles. The summed E-state index contributed by atoms with van der Waals surface area (Å²) in [7, 11) is -4.04. The van der Waals surface area contributed by atoms with Crippen molar-refractivity contribution >= 4 is 21.8 Å². The average molecular weight is 492 g/mol. The first-order valence-corrected chi connectivity index (χ1v) is 12.1. The molecule has 4 N–H and O–H groups in total. The summed E-state index contributed by atoms with van der Waals surface area (Å²) < 4.78 is 38.4. The number of benzene rings is 1. The van der Waals surface area contributed by atoms with E-state index in [1.165, 1.54) is 29.7 Å². The maximum atomic E-state index is 12.7. The number of aryl methyl sites for hydroxylation is 2. The number of furan rings is 1. The topological polar surface area (TPSA) is 147 Å². The van der Waals surface area contributed by atoms with Crippen molar-refractivity contribution in [1.29, 1.82) is 0 Å². The maximum absolute atomic E-state index is 12.7. The highest BCUT2D eigenvalue weighted by atomic mass is 32.2. The molecule has 1 unspecified atom stereocenters. The SMILES string of the molecule is CC#CCOc1ccc(S(=O)(=O)NC(CCCCNC(=O)c2cc(C)oc2C)C(=O)NO)cc1. The van der Waals surface area contributed by atoms with Gasteiger partial charge in [0, 0.05) is 6.54 Å². The van der Waals surface area contributed by atoms with Crippen LogP contribution in [0.15, 0.2) is 39.6 Å². The van der Waals surface area contributed by atoms with Crippen LogP contribution in [0.1, 0.15) is 48.1 Å². The Balaban J connectivity index is 1.89. The van der Waals surface area contributed by atoms with E-state index in [0.29, 0.717) is 42.2 Å². The summed E-state index contributed by atoms with van der Waals surface area (Å²) in [5.74, 6) is 5.89. The van der Waals surface area contributed by atoms with Gasteiger partial charge in [0.1, 0.15) is 29.9 Å². The summed E-state index contributed by atoms with van der Waals surface area (Å²) in [6.45, 7) is 5.65. The summed E-state index contributed by atoms with van der Waals surface area (Å²) >= 11 is 0. The molecule has 0 bridgehead atoms. The zero-order valence-corrected chi connectivity index (χ0v) is 20.1. The van der Waals surface area contributed by atoms with E-state index < -0.39 is 22.0 Å². The van der Waals surface area contributed by atoms with E-state index in [2.05, 4.69) is 21.9 Å². The van der Waals surface area contributed by atoms with Gasteiger partial charge < -0.3 is 14.5 Å². The number of carbonyl (C=O) groups excluding carboxylic acids is 2. The predicted molar refractivity (Wildman–Crippen MR) is 124 cm³/mol. The Kier molecular flexibility index (Phi) is 10.1. The van der Waals surface area contributed by atoms with Gasteiger partial charge in [0.05, 0.1) is 10.5 Å². The number of carbonyl (C=O) groups is 2. The Morgan fingerprint density at radius 1 is 1.18 bits per heavy atom. The smallest absolute Gasteiger partial charge is 0.261 e. The van der Waals surface area contributed by atoms with E-state index in [9.17, 15) is 18.0 Å². The number of ether oxygens (including phenoxy) is 1. The molecule has 0 radical (unpaired) electrons. The molecule has 0 spiro atoms. The quantitative estimate of drug-likeness (QED) is 0.154. The normalized spacial score (nSPS) is 11.8. The molecule has 184 valence electrons. The van der Waals surface area contributed by atoms with Crippen molar-refractivity contribution in [2.24, 2.45) is 0 Å². The van der Waals surface area contributed by atoms with Crippen LogP contribution < -0.4 is 20.3 Å². The minimum absolute atomic E-state index is 0.0600. The fraction of sp³-hybridized carbons (Fsp3) is 0.391. The van der Waals surface area contributed by atoms with Crippen LogP contribution in [-0.2, 0) is 14.8 Å². The number of nitrogens with one attached hydrogen (secondary N) is 3. The van der Waals surface area contributed by atoms with Crippen molar-refractivity contribution in [3.8, 4) is 17.6 Å². The van der Waals surface area contributed by atoms with Gasteiger partial charge in [-0.2, -0.15) is 4.72 Å². The van der Waals surface area contributed by atoms with Gasteiger partial charge in [0.15, 0.2) is 0 Å². The van der Waals surface area contributed by atoms with Crippen LogP contribution in [0.3, 0.4) is 0 Å². The molecular formula is C23H29N3O7S. The van der Waals surface area contributed by atoms with Crippen molar-refractivity contribution in [3.63, 3.8) is 0 Å². The van der Waals surface area contributed by atoms with Crippen molar-refractivity contribution in [3.05, 3.63) is 47.4 Å². The van der Waals surface area contributed by atoms with E-state index in [-0.39, 0.29) is 23.8 Å². The number of hydrogen-bond acceptors (Lipinski definition) is 7. The second-order valence-corrected chi connectivity index (χ2v) is 9.13. The van der Waals surface area contributed by atoms with Gasteiger partial charge in [0.25, 0.3) is 11.8 Å². The van der Waals surface area contributed by atoms with E-state index in [1.54, 1.807) is 26.8 Å².